The molecule has 1 unspecified atom stereocenters. The van der Waals surface area contributed by atoms with Gasteiger partial charge in [0.2, 0.25) is 0 Å². The van der Waals surface area contributed by atoms with Gasteiger partial charge >= 0.3 is 6.18 Å². The molecule has 0 radical (unpaired) electrons. The first kappa shape index (κ1) is 22.9. The largest absolute Gasteiger partial charge is 0.490 e. The molecule has 0 aromatic heterocycles. The molecule has 0 bridgehead atoms. The molecule has 6 nitrogen and oxygen atoms in total. The summed E-state index contributed by atoms with van der Waals surface area (Å²) >= 11 is 0. The van der Waals surface area contributed by atoms with Crippen LogP contribution < -0.4 is 20.1 Å². The van der Waals surface area contributed by atoms with Crippen LogP contribution in [0.5, 0.6) is 11.5 Å². The summed E-state index contributed by atoms with van der Waals surface area (Å²) in [5.41, 5.74) is 0.803. The molecule has 1 fully saturated rings. The number of nitrogens with one attached hydrogen (secondary N) is 2. The van der Waals surface area contributed by atoms with Gasteiger partial charge in [-0.15, -0.1) is 24.0 Å². The first-order chi connectivity index (χ1) is 12.9. The summed E-state index contributed by atoms with van der Waals surface area (Å²) in [7, 11) is 1.66. The fraction of sp³-hybridized carbons (Fsp3) is 0.611. The van der Waals surface area contributed by atoms with Gasteiger partial charge in [-0.25, -0.2) is 0 Å². The second-order valence-electron chi connectivity index (χ2n) is 6.80. The summed E-state index contributed by atoms with van der Waals surface area (Å²) in [4.78, 5) is 5.63. The van der Waals surface area contributed by atoms with Gasteiger partial charge in [0, 0.05) is 38.3 Å². The topological polar surface area (TPSA) is 58.1 Å². The second kappa shape index (κ2) is 10.4. The lowest BCUT2D eigenvalue weighted by molar-refractivity contribution is -0.143. The van der Waals surface area contributed by atoms with E-state index >= 15 is 0 Å². The summed E-state index contributed by atoms with van der Waals surface area (Å²) < 4.78 is 48.7. The van der Waals surface area contributed by atoms with E-state index in [2.05, 4.69) is 15.6 Å². The Morgan fingerprint density at radius 1 is 1.25 bits per heavy atom. The van der Waals surface area contributed by atoms with Gasteiger partial charge < -0.3 is 20.1 Å². The molecule has 3 rings (SSSR count). The third-order valence-corrected chi connectivity index (χ3v) is 4.56. The number of anilines is 1. The Hall–Kier alpha value is -1.43. The fourth-order valence-electron chi connectivity index (χ4n) is 3.27. The van der Waals surface area contributed by atoms with Crippen LogP contribution in [0.25, 0.3) is 0 Å². The minimum atomic E-state index is -4.14. The van der Waals surface area contributed by atoms with Crippen LogP contribution in [-0.2, 0) is 0 Å². The van der Waals surface area contributed by atoms with Gasteiger partial charge in [-0.1, -0.05) is 0 Å². The molecule has 1 aromatic rings. The Balaban J connectivity index is 0.00000280. The second-order valence-corrected chi connectivity index (χ2v) is 6.80. The Morgan fingerprint density at radius 2 is 2.00 bits per heavy atom. The first-order valence-electron chi connectivity index (χ1n) is 9.09. The van der Waals surface area contributed by atoms with E-state index in [1.54, 1.807) is 7.05 Å². The van der Waals surface area contributed by atoms with Gasteiger partial charge in [-0.2, -0.15) is 13.2 Å². The van der Waals surface area contributed by atoms with Crippen molar-refractivity contribution >= 4 is 35.6 Å². The molecule has 2 N–H and O–H groups in total. The number of guanidine groups is 1. The maximum absolute atomic E-state index is 12.5. The van der Waals surface area contributed by atoms with E-state index in [1.807, 2.05) is 18.2 Å². The van der Waals surface area contributed by atoms with Gasteiger partial charge in [0.25, 0.3) is 0 Å². The average Bonchev–Trinajstić information content (AvgIpc) is 2.91. The number of alkyl halides is 3. The van der Waals surface area contributed by atoms with Crippen molar-refractivity contribution in [2.24, 2.45) is 10.9 Å². The molecule has 0 saturated carbocycles. The number of nitrogens with zero attached hydrogens (tertiary/aromatic N) is 2. The normalized spacial score (nSPS) is 20.3. The number of rotatable bonds is 4. The smallest absolute Gasteiger partial charge is 0.401 e. The van der Waals surface area contributed by atoms with Crippen LogP contribution in [0.4, 0.5) is 18.9 Å². The molecule has 1 atom stereocenters. The van der Waals surface area contributed by atoms with E-state index in [1.165, 1.54) is 4.90 Å². The molecule has 2 heterocycles. The molecule has 28 heavy (non-hydrogen) atoms. The highest BCUT2D eigenvalue weighted by Crippen LogP contribution is 2.32. The number of ether oxygens (including phenoxy) is 2. The molecule has 2 aliphatic heterocycles. The van der Waals surface area contributed by atoms with Crippen LogP contribution in [0.1, 0.15) is 12.8 Å². The van der Waals surface area contributed by atoms with Crippen molar-refractivity contribution in [3.05, 3.63) is 18.2 Å². The zero-order chi connectivity index (χ0) is 19.3. The van der Waals surface area contributed by atoms with Gasteiger partial charge in [0.15, 0.2) is 17.5 Å². The van der Waals surface area contributed by atoms with Crippen molar-refractivity contribution in [2.45, 2.75) is 19.0 Å². The average molecular weight is 514 g/mol. The van der Waals surface area contributed by atoms with E-state index in [9.17, 15) is 13.2 Å². The highest BCUT2D eigenvalue weighted by molar-refractivity contribution is 14.0. The highest BCUT2D eigenvalue weighted by Gasteiger charge is 2.34. The van der Waals surface area contributed by atoms with E-state index in [0.29, 0.717) is 44.6 Å². The maximum Gasteiger partial charge on any atom is 0.401 e. The first-order valence-corrected chi connectivity index (χ1v) is 9.09. The Bertz CT molecular complexity index is 673. The van der Waals surface area contributed by atoms with E-state index in [-0.39, 0.29) is 29.9 Å². The number of halogens is 4. The van der Waals surface area contributed by atoms with Crippen molar-refractivity contribution < 1.29 is 22.6 Å². The summed E-state index contributed by atoms with van der Waals surface area (Å²) in [6.07, 6.45) is -2.56. The number of aliphatic imine (C=N–C) groups is 1. The summed E-state index contributed by atoms with van der Waals surface area (Å²) in [6, 6.07) is 5.58. The number of fused-ring (bicyclic) bond motifs is 1. The lowest BCUT2D eigenvalue weighted by atomic mass is 10.1. The van der Waals surface area contributed by atoms with Crippen LogP contribution in [0.3, 0.4) is 0 Å². The molecule has 10 heteroatoms. The molecule has 0 amide bonds. The lowest BCUT2D eigenvalue weighted by Crippen LogP contribution is -2.37. The zero-order valence-corrected chi connectivity index (χ0v) is 18.0. The summed E-state index contributed by atoms with van der Waals surface area (Å²) in [5.74, 6) is 2.14. The van der Waals surface area contributed by atoms with Crippen LogP contribution >= 0.6 is 24.0 Å². The van der Waals surface area contributed by atoms with E-state index < -0.39 is 12.7 Å². The van der Waals surface area contributed by atoms with Gasteiger partial charge in [0.05, 0.1) is 19.8 Å². The molecular weight excluding hydrogens is 488 g/mol. The third kappa shape index (κ3) is 6.87. The summed E-state index contributed by atoms with van der Waals surface area (Å²) in [5, 5.41) is 6.38. The van der Waals surface area contributed by atoms with Crippen molar-refractivity contribution in [3.63, 3.8) is 0 Å². The van der Waals surface area contributed by atoms with Gasteiger partial charge in [-0.3, -0.25) is 9.89 Å². The van der Waals surface area contributed by atoms with Gasteiger partial charge in [0.1, 0.15) is 0 Å². The molecule has 158 valence electrons. The standard InChI is InChI=1S/C18H25F3N4O2.HI/c1-22-17(23-10-13-5-6-25(11-13)12-18(19,20)21)24-14-3-4-15-16(9-14)27-8-2-7-26-15;/h3-4,9,13H,2,5-8,10-12H2,1H3,(H2,22,23,24);1H. The zero-order valence-electron chi connectivity index (χ0n) is 15.7. The number of hydrogen-bond acceptors (Lipinski definition) is 4. The van der Waals surface area contributed by atoms with Gasteiger partial charge in [-0.05, 0) is 31.0 Å². The molecule has 0 aliphatic carbocycles. The maximum atomic E-state index is 12.5. The van der Waals surface area contributed by atoms with Crippen LogP contribution in [0.15, 0.2) is 23.2 Å². The number of hydrogen-bond donors (Lipinski definition) is 2. The molecular formula is C18H26F3IN4O2. The summed E-state index contributed by atoms with van der Waals surface area (Å²) in [6.45, 7) is 1.88. The molecule has 1 saturated heterocycles. The third-order valence-electron chi connectivity index (χ3n) is 4.56. The van der Waals surface area contributed by atoms with Crippen LogP contribution in [-0.4, -0.2) is 63.5 Å². The highest BCUT2D eigenvalue weighted by atomic mass is 127. The molecule has 0 spiro atoms. The Labute approximate surface area is 179 Å². The van der Waals surface area contributed by atoms with Crippen molar-refractivity contribution in [3.8, 4) is 11.5 Å². The van der Waals surface area contributed by atoms with Crippen LogP contribution in [0, 0.1) is 5.92 Å². The number of likely N-dealkylation sites (tertiary alicyclic amines) is 1. The van der Waals surface area contributed by atoms with Crippen molar-refractivity contribution in [1.82, 2.24) is 10.2 Å². The Morgan fingerprint density at radius 3 is 2.71 bits per heavy atom. The quantitative estimate of drug-likeness (QED) is 0.367. The van der Waals surface area contributed by atoms with Crippen molar-refractivity contribution in [1.29, 1.82) is 0 Å². The SMILES string of the molecule is CN=C(NCC1CCN(CC(F)(F)F)C1)Nc1ccc2c(c1)OCCCO2.I. The minimum Gasteiger partial charge on any atom is -0.490 e. The van der Waals surface area contributed by atoms with Crippen LogP contribution in [0.2, 0.25) is 0 Å². The molecule has 2 aliphatic rings. The predicted molar refractivity (Wildman–Crippen MR) is 113 cm³/mol. The molecule has 1 aromatic carbocycles. The minimum absolute atomic E-state index is 0. The lowest BCUT2D eigenvalue weighted by Gasteiger charge is -2.19. The fourth-order valence-corrected chi connectivity index (χ4v) is 3.27. The predicted octanol–water partition coefficient (Wildman–Crippen LogP) is 3.34. The number of benzene rings is 1. The Kier molecular flexibility index (Phi) is 8.47. The van der Waals surface area contributed by atoms with E-state index in [4.69, 9.17) is 9.47 Å². The van der Waals surface area contributed by atoms with E-state index in [0.717, 1.165) is 24.3 Å². The van der Waals surface area contributed by atoms with Crippen molar-refractivity contribution in [2.75, 3.05) is 51.8 Å². The monoisotopic (exact) mass is 514 g/mol.